The Morgan fingerprint density at radius 3 is 2.11 bits per heavy atom. The van der Waals surface area contributed by atoms with Gasteiger partial charge >= 0.3 is 0 Å². The van der Waals surface area contributed by atoms with E-state index in [-0.39, 0.29) is 23.9 Å². The molecule has 0 aliphatic carbocycles. The Balaban J connectivity index is 2.47. The number of benzene rings is 2. The predicted octanol–water partition coefficient (Wildman–Crippen LogP) is 3.20. The van der Waals surface area contributed by atoms with Gasteiger partial charge in [-0.05, 0) is 42.7 Å². The molecule has 2 amide bonds. The summed E-state index contributed by atoms with van der Waals surface area (Å²) >= 11 is 0. The summed E-state index contributed by atoms with van der Waals surface area (Å²) in [5.74, 6) is 0.554. The molecule has 210 valence electrons. The lowest BCUT2D eigenvalue weighted by atomic mass is 10.1. The van der Waals surface area contributed by atoms with Gasteiger partial charge < -0.3 is 24.4 Å². The number of nitrogens with zero attached hydrogens (tertiary/aromatic N) is 2. The number of anilines is 1. The maximum atomic E-state index is 13.8. The first-order valence-electron chi connectivity index (χ1n) is 12.5. The molecule has 1 N–H and O–H groups in total. The number of hydrogen-bond acceptors (Lipinski definition) is 7. The molecule has 1 atom stereocenters. The minimum Gasteiger partial charge on any atom is -0.497 e. The van der Waals surface area contributed by atoms with Gasteiger partial charge in [-0.15, -0.1) is 0 Å². The largest absolute Gasteiger partial charge is 0.497 e. The van der Waals surface area contributed by atoms with E-state index in [9.17, 15) is 18.0 Å². The molecular weight excluding hydrogens is 510 g/mol. The third-order valence-electron chi connectivity index (χ3n) is 6.06. The standard InChI is InChI=1S/C27H39N3O7S/c1-7-9-16-28-27(32)23(8-2)29(18-20-10-12-21(35-3)13-11-20)26(31)19-30(38(6,33)34)24-15-14-22(36-4)17-25(24)37-5/h10-15,17,23H,7-9,16,18-19H2,1-6H3,(H,28,32)/t23-/m0/s1. The van der Waals surface area contributed by atoms with Gasteiger partial charge in [-0.3, -0.25) is 13.9 Å². The molecular formula is C27H39N3O7S. The summed E-state index contributed by atoms with van der Waals surface area (Å²) in [6.45, 7) is 3.93. The number of carbonyl (C=O) groups is 2. The van der Waals surface area contributed by atoms with Crippen LogP contribution in [0.2, 0.25) is 0 Å². The molecule has 0 radical (unpaired) electrons. The quantitative estimate of drug-likeness (QED) is 0.339. The summed E-state index contributed by atoms with van der Waals surface area (Å²) < 4.78 is 42.5. The average Bonchev–Trinajstić information content (AvgIpc) is 2.91. The molecule has 0 spiro atoms. The summed E-state index contributed by atoms with van der Waals surface area (Å²) in [5, 5.41) is 2.90. The Morgan fingerprint density at radius 2 is 1.58 bits per heavy atom. The highest BCUT2D eigenvalue weighted by Crippen LogP contribution is 2.33. The van der Waals surface area contributed by atoms with Gasteiger partial charge in [-0.2, -0.15) is 0 Å². The van der Waals surface area contributed by atoms with Gasteiger partial charge in [-0.25, -0.2) is 8.42 Å². The molecule has 0 aromatic heterocycles. The SMILES string of the molecule is CCCCNC(=O)[C@H](CC)N(Cc1ccc(OC)cc1)C(=O)CN(c1ccc(OC)cc1OC)S(C)(=O)=O. The Morgan fingerprint density at radius 1 is 0.947 bits per heavy atom. The average molecular weight is 550 g/mol. The number of carbonyl (C=O) groups excluding carboxylic acids is 2. The van der Waals surface area contributed by atoms with E-state index in [2.05, 4.69) is 5.32 Å². The number of nitrogens with one attached hydrogen (secondary N) is 1. The second-order valence-electron chi connectivity index (χ2n) is 8.75. The predicted molar refractivity (Wildman–Crippen MR) is 147 cm³/mol. The van der Waals surface area contributed by atoms with Crippen molar-refractivity contribution in [1.82, 2.24) is 10.2 Å². The van der Waals surface area contributed by atoms with Crippen LogP contribution in [0, 0.1) is 0 Å². The van der Waals surface area contributed by atoms with Gasteiger partial charge in [0, 0.05) is 19.2 Å². The summed E-state index contributed by atoms with van der Waals surface area (Å²) in [4.78, 5) is 28.4. The molecule has 0 aliphatic rings. The third-order valence-corrected chi connectivity index (χ3v) is 7.19. The van der Waals surface area contributed by atoms with Crippen LogP contribution in [0.15, 0.2) is 42.5 Å². The summed E-state index contributed by atoms with van der Waals surface area (Å²) in [6, 6.07) is 11.0. The zero-order valence-electron chi connectivity index (χ0n) is 23.0. The van der Waals surface area contributed by atoms with E-state index in [1.54, 1.807) is 31.4 Å². The van der Waals surface area contributed by atoms with Crippen molar-refractivity contribution >= 4 is 27.5 Å². The fraction of sp³-hybridized carbons (Fsp3) is 0.481. The second-order valence-corrected chi connectivity index (χ2v) is 10.7. The number of hydrogen-bond donors (Lipinski definition) is 1. The summed E-state index contributed by atoms with van der Waals surface area (Å²) in [6.07, 6.45) is 3.10. The molecule has 0 unspecified atom stereocenters. The van der Waals surface area contributed by atoms with E-state index < -0.39 is 28.5 Å². The maximum absolute atomic E-state index is 13.8. The number of sulfonamides is 1. The molecule has 0 saturated heterocycles. The van der Waals surface area contributed by atoms with Crippen molar-refractivity contribution in [3.63, 3.8) is 0 Å². The van der Waals surface area contributed by atoms with Crippen molar-refractivity contribution in [3.05, 3.63) is 48.0 Å². The highest BCUT2D eigenvalue weighted by atomic mass is 32.2. The van der Waals surface area contributed by atoms with Crippen LogP contribution in [0.4, 0.5) is 5.69 Å². The first-order valence-corrected chi connectivity index (χ1v) is 14.3. The van der Waals surface area contributed by atoms with Crippen LogP contribution in [0.1, 0.15) is 38.7 Å². The minimum atomic E-state index is -3.90. The van der Waals surface area contributed by atoms with Gasteiger partial charge in [-0.1, -0.05) is 32.4 Å². The fourth-order valence-corrected chi connectivity index (χ4v) is 4.79. The van der Waals surface area contributed by atoms with Crippen molar-refractivity contribution < 1.29 is 32.2 Å². The second kappa shape index (κ2) is 14.5. The molecule has 0 bridgehead atoms. The van der Waals surface area contributed by atoms with Crippen LogP contribution in [0.3, 0.4) is 0 Å². The molecule has 0 saturated carbocycles. The molecule has 10 nitrogen and oxygen atoms in total. The van der Waals surface area contributed by atoms with E-state index in [0.29, 0.717) is 24.5 Å². The van der Waals surface area contributed by atoms with Gasteiger partial charge in [0.05, 0.1) is 33.3 Å². The zero-order chi connectivity index (χ0) is 28.3. The van der Waals surface area contributed by atoms with Crippen LogP contribution in [-0.2, 0) is 26.2 Å². The number of amides is 2. The lowest BCUT2D eigenvalue weighted by Gasteiger charge is -2.33. The normalized spacial score (nSPS) is 11.8. The van der Waals surface area contributed by atoms with E-state index >= 15 is 0 Å². The number of ether oxygens (including phenoxy) is 3. The molecule has 38 heavy (non-hydrogen) atoms. The van der Waals surface area contributed by atoms with Crippen molar-refractivity contribution in [2.75, 3.05) is 45.0 Å². The van der Waals surface area contributed by atoms with Crippen LogP contribution in [-0.4, -0.2) is 71.8 Å². The topological polar surface area (TPSA) is 114 Å². The van der Waals surface area contributed by atoms with E-state index in [0.717, 1.165) is 29.0 Å². The highest BCUT2D eigenvalue weighted by molar-refractivity contribution is 7.92. The lowest BCUT2D eigenvalue weighted by molar-refractivity contribution is -0.140. The molecule has 2 aromatic carbocycles. The van der Waals surface area contributed by atoms with Crippen LogP contribution in [0.25, 0.3) is 0 Å². The molecule has 2 aromatic rings. The zero-order valence-corrected chi connectivity index (χ0v) is 23.8. The van der Waals surface area contributed by atoms with Crippen LogP contribution < -0.4 is 23.8 Å². The third kappa shape index (κ3) is 8.27. The molecule has 0 heterocycles. The van der Waals surface area contributed by atoms with Gasteiger partial charge in [0.1, 0.15) is 29.8 Å². The van der Waals surface area contributed by atoms with Crippen molar-refractivity contribution in [1.29, 1.82) is 0 Å². The minimum absolute atomic E-state index is 0.111. The number of unbranched alkanes of at least 4 members (excludes halogenated alkanes) is 1. The van der Waals surface area contributed by atoms with E-state index in [1.807, 2.05) is 26.0 Å². The molecule has 0 fully saturated rings. The van der Waals surface area contributed by atoms with Crippen molar-refractivity contribution in [3.8, 4) is 17.2 Å². The first kappa shape index (κ1) is 30.8. The van der Waals surface area contributed by atoms with Gasteiger partial charge in [0.2, 0.25) is 21.8 Å². The van der Waals surface area contributed by atoms with E-state index in [1.165, 1.54) is 25.2 Å². The summed E-state index contributed by atoms with van der Waals surface area (Å²) in [5.41, 5.74) is 0.959. The molecule has 0 aliphatic heterocycles. The van der Waals surface area contributed by atoms with Gasteiger partial charge in [0.25, 0.3) is 0 Å². The van der Waals surface area contributed by atoms with E-state index in [4.69, 9.17) is 14.2 Å². The molecule has 11 heteroatoms. The van der Waals surface area contributed by atoms with Crippen LogP contribution in [0.5, 0.6) is 17.2 Å². The van der Waals surface area contributed by atoms with Crippen molar-refractivity contribution in [2.45, 2.75) is 45.7 Å². The monoisotopic (exact) mass is 549 g/mol. The fourth-order valence-electron chi connectivity index (χ4n) is 3.94. The highest BCUT2D eigenvalue weighted by Gasteiger charge is 2.32. The lowest BCUT2D eigenvalue weighted by Crippen LogP contribution is -2.52. The first-order chi connectivity index (χ1) is 18.1. The Hall–Kier alpha value is -3.47. The molecule has 2 rings (SSSR count). The number of methoxy groups -OCH3 is 3. The Kier molecular flexibility index (Phi) is 11.7. The van der Waals surface area contributed by atoms with Gasteiger partial charge in [0.15, 0.2) is 0 Å². The Labute approximate surface area is 225 Å². The summed E-state index contributed by atoms with van der Waals surface area (Å²) in [7, 11) is 0.551. The van der Waals surface area contributed by atoms with Crippen molar-refractivity contribution in [2.24, 2.45) is 0 Å². The maximum Gasteiger partial charge on any atom is 0.244 e. The smallest absolute Gasteiger partial charge is 0.244 e. The number of rotatable bonds is 15. The van der Waals surface area contributed by atoms with Crippen LogP contribution >= 0.6 is 0 Å². The Bertz CT molecular complexity index is 1170.